The minimum atomic E-state index is -3.50. The lowest BCUT2D eigenvalue weighted by atomic mass is 10.2. The van der Waals surface area contributed by atoms with Crippen LogP contribution < -0.4 is 5.32 Å². The van der Waals surface area contributed by atoms with E-state index in [1.54, 1.807) is 0 Å². The van der Waals surface area contributed by atoms with Crippen molar-refractivity contribution < 1.29 is 17.9 Å². The van der Waals surface area contributed by atoms with Crippen LogP contribution in [0, 0.1) is 0 Å². The van der Waals surface area contributed by atoms with Crippen molar-refractivity contribution in [2.45, 2.75) is 17.9 Å². The summed E-state index contributed by atoms with van der Waals surface area (Å²) < 4.78 is 31.0. The third-order valence-electron chi connectivity index (χ3n) is 3.24. The van der Waals surface area contributed by atoms with Crippen LogP contribution in [0.15, 0.2) is 29.2 Å². The number of carbonyl (C=O) groups is 1. The van der Waals surface area contributed by atoms with Gasteiger partial charge in [-0.25, -0.2) is 13.2 Å². The molecule has 0 radical (unpaired) electrons. The van der Waals surface area contributed by atoms with E-state index in [1.165, 1.54) is 35.7 Å². The third-order valence-corrected chi connectivity index (χ3v) is 5.12. The number of benzene rings is 1. The molecule has 110 valence electrons. The molecule has 1 aromatic carbocycles. The summed E-state index contributed by atoms with van der Waals surface area (Å²) in [5.41, 5.74) is 0.333. The van der Waals surface area contributed by atoms with Crippen molar-refractivity contribution in [2.75, 3.05) is 26.7 Å². The zero-order chi connectivity index (χ0) is 14.8. The van der Waals surface area contributed by atoms with E-state index in [0.717, 1.165) is 0 Å². The predicted molar refractivity (Wildman–Crippen MR) is 74.0 cm³/mol. The molecule has 7 heteroatoms. The van der Waals surface area contributed by atoms with Gasteiger partial charge in [-0.3, -0.25) is 0 Å². The summed E-state index contributed by atoms with van der Waals surface area (Å²) in [5, 5.41) is 3.20. The summed E-state index contributed by atoms with van der Waals surface area (Å²) >= 11 is 0. The second-order valence-corrected chi connectivity index (χ2v) is 6.67. The molecule has 1 saturated heterocycles. The molecule has 0 aliphatic carbocycles. The van der Waals surface area contributed by atoms with Gasteiger partial charge in [0, 0.05) is 25.7 Å². The van der Waals surface area contributed by atoms with E-state index in [9.17, 15) is 13.2 Å². The fourth-order valence-corrected chi connectivity index (χ4v) is 3.67. The van der Waals surface area contributed by atoms with E-state index in [0.29, 0.717) is 25.2 Å². The molecule has 2 rings (SSSR count). The molecule has 1 unspecified atom stereocenters. The summed E-state index contributed by atoms with van der Waals surface area (Å²) in [6.07, 6.45) is 0. The lowest BCUT2D eigenvalue weighted by Crippen LogP contribution is -2.51. The highest BCUT2D eigenvalue weighted by atomic mass is 32.2. The van der Waals surface area contributed by atoms with Gasteiger partial charge < -0.3 is 10.1 Å². The molecule has 0 amide bonds. The Kier molecular flexibility index (Phi) is 4.42. The summed E-state index contributed by atoms with van der Waals surface area (Å²) in [6, 6.07) is 5.94. The van der Waals surface area contributed by atoms with Crippen LogP contribution >= 0.6 is 0 Å². The molecule has 0 saturated carbocycles. The first-order valence-corrected chi connectivity index (χ1v) is 7.81. The molecule has 1 N–H and O–H groups in total. The van der Waals surface area contributed by atoms with Gasteiger partial charge >= 0.3 is 5.97 Å². The minimum Gasteiger partial charge on any atom is -0.465 e. The van der Waals surface area contributed by atoms with Gasteiger partial charge in [-0.1, -0.05) is 0 Å². The maximum absolute atomic E-state index is 12.5. The first-order valence-electron chi connectivity index (χ1n) is 6.37. The molecule has 0 bridgehead atoms. The smallest absolute Gasteiger partial charge is 0.337 e. The quantitative estimate of drug-likeness (QED) is 0.820. The number of nitrogens with one attached hydrogen (secondary N) is 1. The SMILES string of the molecule is COC(=O)c1ccc(S(=O)(=O)N2CCNC(C)C2)cc1. The molecule has 1 aliphatic heterocycles. The van der Waals surface area contributed by atoms with Gasteiger partial charge in [0.15, 0.2) is 0 Å². The first kappa shape index (κ1) is 15.0. The second kappa shape index (κ2) is 5.90. The fourth-order valence-electron chi connectivity index (χ4n) is 2.15. The number of carbonyl (C=O) groups excluding carboxylic acids is 1. The third kappa shape index (κ3) is 3.00. The Hall–Kier alpha value is -1.44. The largest absolute Gasteiger partial charge is 0.465 e. The Morgan fingerprint density at radius 1 is 1.35 bits per heavy atom. The van der Waals surface area contributed by atoms with E-state index < -0.39 is 16.0 Å². The molecule has 6 nitrogen and oxygen atoms in total. The number of rotatable bonds is 3. The van der Waals surface area contributed by atoms with Crippen LogP contribution in [-0.2, 0) is 14.8 Å². The van der Waals surface area contributed by atoms with Crippen LogP contribution in [0.5, 0.6) is 0 Å². The topological polar surface area (TPSA) is 75.7 Å². The fraction of sp³-hybridized carbons (Fsp3) is 0.462. The second-order valence-electron chi connectivity index (χ2n) is 4.73. The van der Waals surface area contributed by atoms with E-state index in [2.05, 4.69) is 10.1 Å². The number of piperazine rings is 1. The molecule has 1 aromatic rings. The van der Waals surface area contributed by atoms with Gasteiger partial charge in [-0.15, -0.1) is 0 Å². The van der Waals surface area contributed by atoms with Crippen molar-refractivity contribution in [2.24, 2.45) is 0 Å². The first-order chi connectivity index (χ1) is 9.45. The van der Waals surface area contributed by atoms with Gasteiger partial charge in [0.05, 0.1) is 17.6 Å². The van der Waals surface area contributed by atoms with Crippen molar-refractivity contribution in [1.29, 1.82) is 0 Å². The summed E-state index contributed by atoms with van der Waals surface area (Å²) in [6.45, 7) is 3.48. The number of ether oxygens (including phenoxy) is 1. The molecule has 20 heavy (non-hydrogen) atoms. The molecule has 1 fully saturated rings. The Labute approximate surface area is 118 Å². The summed E-state index contributed by atoms with van der Waals surface area (Å²) in [5.74, 6) is -0.482. The maximum atomic E-state index is 12.5. The van der Waals surface area contributed by atoms with Gasteiger partial charge in [0.25, 0.3) is 0 Å². The van der Waals surface area contributed by atoms with Crippen molar-refractivity contribution in [3.8, 4) is 0 Å². The monoisotopic (exact) mass is 298 g/mol. The number of esters is 1. The van der Waals surface area contributed by atoms with E-state index in [-0.39, 0.29) is 10.9 Å². The highest BCUT2D eigenvalue weighted by Crippen LogP contribution is 2.18. The van der Waals surface area contributed by atoms with E-state index >= 15 is 0 Å². The predicted octanol–water partition coefficient (Wildman–Crippen LogP) is 0.456. The Morgan fingerprint density at radius 2 is 2.00 bits per heavy atom. The minimum absolute atomic E-state index is 0.132. The molecule has 1 atom stereocenters. The Balaban J connectivity index is 2.23. The standard InChI is InChI=1S/C13H18N2O4S/c1-10-9-15(8-7-14-10)20(17,18)12-5-3-11(4-6-12)13(16)19-2/h3-6,10,14H,7-9H2,1-2H3. The van der Waals surface area contributed by atoms with Crippen LogP contribution in [0.3, 0.4) is 0 Å². The highest BCUT2D eigenvalue weighted by Gasteiger charge is 2.28. The molecule has 1 aliphatic rings. The highest BCUT2D eigenvalue weighted by molar-refractivity contribution is 7.89. The normalized spacial score (nSPS) is 20.6. The van der Waals surface area contributed by atoms with Crippen molar-refractivity contribution in [3.63, 3.8) is 0 Å². The van der Waals surface area contributed by atoms with E-state index in [4.69, 9.17) is 0 Å². The van der Waals surface area contributed by atoms with Gasteiger partial charge in [0.2, 0.25) is 10.0 Å². The van der Waals surface area contributed by atoms with Gasteiger partial charge in [0.1, 0.15) is 0 Å². The van der Waals surface area contributed by atoms with Crippen LogP contribution in [0.4, 0.5) is 0 Å². The molecular weight excluding hydrogens is 280 g/mol. The van der Waals surface area contributed by atoms with Gasteiger partial charge in [-0.05, 0) is 31.2 Å². The lowest BCUT2D eigenvalue weighted by Gasteiger charge is -2.31. The number of hydrogen-bond acceptors (Lipinski definition) is 5. The molecule has 0 spiro atoms. The zero-order valence-corrected chi connectivity index (χ0v) is 12.3. The van der Waals surface area contributed by atoms with Crippen LogP contribution in [0.1, 0.15) is 17.3 Å². The van der Waals surface area contributed by atoms with Crippen LogP contribution in [0.2, 0.25) is 0 Å². The van der Waals surface area contributed by atoms with E-state index in [1.807, 2.05) is 6.92 Å². The molecule has 1 heterocycles. The average molecular weight is 298 g/mol. The van der Waals surface area contributed by atoms with Crippen molar-refractivity contribution >= 4 is 16.0 Å². The van der Waals surface area contributed by atoms with Crippen molar-refractivity contribution in [1.82, 2.24) is 9.62 Å². The van der Waals surface area contributed by atoms with Gasteiger partial charge in [-0.2, -0.15) is 4.31 Å². The molecular formula is C13H18N2O4S. The maximum Gasteiger partial charge on any atom is 0.337 e. The van der Waals surface area contributed by atoms with Crippen LogP contribution in [0.25, 0.3) is 0 Å². The number of nitrogens with zero attached hydrogens (tertiary/aromatic N) is 1. The summed E-state index contributed by atoms with van der Waals surface area (Å²) in [4.78, 5) is 11.5. The Morgan fingerprint density at radius 3 is 2.55 bits per heavy atom. The summed E-state index contributed by atoms with van der Waals surface area (Å²) in [7, 11) is -2.22. The number of sulfonamides is 1. The number of hydrogen-bond donors (Lipinski definition) is 1. The Bertz CT molecular complexity index is 583. The average Bonchev–Trinajstić information content (AvgIpc) is 2.46. The molecule has 0 aromatic heterocycles. The lowest BCUT2D eigenvalue weighted by molar-refractivity contribution is 0.0600. The van der Waals surface area contributed by atoms with Crippen LogP contribution in [-0.4, -0.2) is 51.5 Å². The zero-order valence-electron chi connectivity index (χ0n) is 11.5. The van der Waals surface area contributed by atoms with Crippen molar-refractivity contribution in [3.05, 3.63) is 29.8 Å². The number of methoxy groups -OCH3 is 1.